The van der Waals surface area contributed by atoms with Gasteiger partial charge in [-0.1, -0.05) is 6.08 Å². The molecule has 2 aliphatic rings. The van der Waals surface area contributed by atoms with Crippen molar-refractivity contribution in [3.05, 3.63) is 63.7 Å². The summed E-state index contributed by atoms with van der Waals surface area (Å²) in [6, 6.07) is 3.80. The van der Waals surface area contributed by atoms with Crippen LogP contribution in [0.5, 0.6) is 0 Å². The van der Waals surface area contributed by atoms with E-state index in [1.807, 2.05) is 25.2 Å². The Morgan fingerprint density at radius 2 is 1.93 bits per heavy atom. The summed E-state index contributed by atoms with van der Waals surface area (Å²) >= 11 is 0. The van der Waals surface area contributed by atoms with Crippen LogP contribution in [0, 0.1) is 0 Å². The number of allylic oxidation sites excluding steroid dienone is 3. The van der Waals surface area contributed by atoms with Crippen molar-refractivity contribution in [1.82, 2.24) is 4.90 Å². The maximum atomic E-state index is 12.5. The van der Waals surface area contributed by atoms with E-state index in [4.69, 9.17) is 4.42 Å². The van der Waals surface area contributed by atoms with Gasteiger partial charge in [0.05, 0.1) is 0 Å². The fourth-order valence-electron chi connectivity index (χ4n) is 4.07. The largest absolute Gasteiger partial charge is 0.422 e. The molecule has 5 nitrogen and oxygen atoms in total. The summed E-state index contributed by atoms with van der Waals surface area (Å²) in [5.41, 5.74) is 3.88. The van der Waals surface area contributed by atoms with E-state index >= 15 is 0 Å². The molecule has 0 saturated carbocycles. The Labute approximate surface area is 158 Å². The molecule has 0 radical (unpaired) electrons. The van der Waals surface area contributed by atoms with Gasteiger partial charge >= 0.3 is 5.63 Å². The summed E-state index contributed by atoms with van der Waals surface area (Å²) in [5, 5.41) is 0.854. The maximum Gasteiger partial charge on any atom is 0.347 e. The molecular formula is C22H24N2O3. The van der Waals surface area contributed by atoms with Crippen LogP contribution in [0.4, 0.5) is 5.69 Å². The first-order chi connectivity index (χ1) is 13.0. The van der Waals surface area contributed by atoms with E-state index in [0.717, 1.165) is 49.7 Å². The van der Waals surface area contributed by atoms with Crippen LogP contribution in [0.3, 0.4) is 0 Å². The molecule has 140 valence electrons. The van der Waals surface area contributed by atoms with Crippen LogP contribution >= 0.6 is 0 Å². The Balaban J connectivity index is 1.77. The fourth-order valence-corrected chi connectivity index (χ4v) is 4.07. The van der Waals surface area contributed by atoms with Crippen LogP contribution in [-0.2, 0) is 12.8 Å². The molecule has 0 spiro atoms. The molecule has 0 fully saturated rings. The van der Waals surface area contributed by atoms with Crippen LogP contribution in [0.1, 0.15) is 34.3 Å². The normalized spacial score (nSPS) is 16.3. The summed E-state index contributed by atoms with van der Waals surface area (Å²) in [6.07, 6.45) is 10.8. The highest BCUT2D eigenvalue weighted by atomic mass is 16.4. The van der Waals surface area contributed by atoms with Gasteiger partial charge in [-0.2, -0.15) is 0 Å². The lowest BCUT2D eigenvalue weighted by Crippen LogP contribution is -2.34. The number of fused-ring (bicyclic) bond motifs is 2. The van der Waals surface area contributed by atoms with E-state index in [9.17, 15) is 9.59 Å². The predicted molar refractivity (Wildman–Crippen MR) is 108 cm³/mol. The van der Waals surface area contributed by atoms with Crippen molar-refractivity contribution < 1.29 is 9.21 Å². The van der Waals surface area contributed by atoms with E-state index < -0.39 is 5.63 Å². The van der Waals surface area contributed by atoms with Crippen molar-refractivity contribution in [2.75, 3.05) is 32.1 Å². The monoisotopic (exact) mass is 364 g/mol. The SMILES string of the molecule is CN(C)/C=C/C=C/C(=O)c1cc2cc3c4c(c2oc1=O)CCCN4CCC3. The molecule has 0 aliphatic carbocycles. The highest BCUT2D eigenvalue weighted by Gasteiger charge is 2.27. The molecule has 27 heavy (non-hydrogen) atoms. The summed E-state index contributed by atoms with van der Waals surface area (Å²) in [6.45, 7) is 2.13. The third-order valence-electron chi connectivity index (χ3n) is 5.22. The zero-order valence-corrected chi connectivity index (χ0v) is 15.8. The number of carbonyl (C=O) groups excluding carboxylic acids is 1. The zero-order valence-electron chi connectivity index (χ0n) is 15.8. The third-order valence-corrected chi connectivity index (χ3v) is 5.22. The Kier molecular flexibility index (Phi) is 4.60. The van der Waals surface area contributed by atoms with Crippen LogP contribution in [0.2, 0.25) is 0 Å². The summed E-state index contributed by atoms with van der Waals surface area (Å²) in [7, 11) is 3.80. The highest BCUT2D eigenvalue weighted by molar-refractivity contribution is 6.06. The molecule has 0 unspecified atom stereocenters. The molecule has 0 atom stereocenters. The van der Waals surface area contributed by atoms with Crippen molar-refractivity contribution in [2.24, 2.45) is 0 Å². The summed E-state index contributed by atoms with van der Waals surface area (Å²) in [5.74, 6) is -0.331. The quantitative estimate of drug-likeness (QED) is 0.361. The van der Waals surface area contributed by atoms with E-state index in [2.05, 4.69) is 11.0 Å². The van der Waals surface area contributed by atoms with Crippen LogP contribution in [0.15, 0.2) is 45.8 Å². The Bertz CT molecular complexity index is 1010. The smallest absolute Gasteiger partial charge is 0.347 e. The van der Waals surface area contributed by atoms with Gasteiger partial charge in [-0.05, 0) is 61.7 Å². The third kappa shape index (κ3) is 3.29. The minimum absolute atomic E-state index is 0.0904. The summed E-state index contributed by atoms with van der Waals surface area (Å²) < 4.78 is 5.67. The second kappa shape index (κ2) is 7.06. The second-order valence-electron chi connectivity index (χ2n) is 7.45. The van der Waals surface area contributed by atoms with E-state index in [0.29, 0.717) is 5.58 Å². The Hall–Kier alpha value is -2.82. The lowest BCUT2D eigenvalue weighted by Gasteiger charge is -2.37. The number of hydrogen-bond donors (Lipinski definition) is 0. The molecule has 0 N–H and O–H groups in total. The molecule has 1 aromatic heterocycles. The molecule has 2 aromatic rings. The average Bonchev–Trinajstić information content (AvgIpc) is 2.65. The maximum absolute atomic E-state index is 12.5. The predicted octanol–water partition coefficient (Wildman–Crippen LogP) is 3.31. The first-order valence-electron chi connectivity index (χ1n) is 9.48. The molecule has 4 rings (SSSR count). The second-order valence-corrected chi connectivity index (χ2v) is 7.45. The van der Waals surface area contributed by atoms with Crippen molar-refractivity contribution in [3.8, 4) is 0 Å². The van der Waals surface area contributed by atoms with Gasteiger partial charge in [0.1, 0.15) is 11.1 Å². The lowest BCUT2D eigenvalue weighted by atomic mass is 9.90. The Morgan fingerprint density at radius 1 is 1.15 bits per heavy atom. The van der Waals surface area contributed by atoms with Gasteiger partial charge in [-0.25, -0.2) is 4.79 Å². The molecule has 3 heterocycles. The summed E-state index contributed by atoms with van der Waals surface area (Å²) in [4.78, 5) is 29.2. The standard InChI is InChI=1S/C22H24N2O3/c1-23(2)10-4-3-9-19(25)18-14-16-13-15-7-5-11-24-12-6-8-17(20(15)24)21(16)27-22(18)26/h3-4,9-10,13-14H,5-8,11-12H2,1-2H3/b9-3+,10-4+. The van der Waals surface area contributed by atoms with Gasteiger partial charge in [0, 0.05) is 43.8 Å². The van der Waals surface area contributed by atoms with E-state index in [-0.39, 0.29) is 11.3 Å². The number of anilines is 1. The molecule has 5 heteroatoms. The fraction of sp³-hybridized carbons (Fsp3) is 0.364. The molecular weight excluding hydrogens is 340 g/mol. The minimum Gasteiger partial charge on any atom is -0.422 e. The number of rotatable bonds is 4. The zero-order chi connectivity index (χ0) is 19.0. The van der Waals surface area contributed by atoms with Crippen molar-refractivity contribution in [2.45, 2.75) is 25.7 Å². The molecule has 1 aromatic carbocycles. The molecule has 0 bridgehead atoms. The van der Waals surface area contributed by atoms with Crippen LogP contribution < -0.4 is 10.5 Å². The number of hydrogen-bond acceptors (Lipinski definition) is 5. The number of aryl methyl sites for hydroxylation is 2. The number of nitrogens with zero attached hydrogens (tertiary/aromatic N) is 2. The van der Waals surface area contributed by atoms with Crippen LogP contribution in [-0.4, -0.2) is 37.9 Å². The minimum atomic E-state index is -0.558. The van der Waals surface area contributed by atoms with Gasteiger partial charge in [0.15, 0.2) is 5.78 Å². The number of benzene rings is 1. The van der Waals surface area contributed by atoms with Crippen molar-refractivity contribution in [3.63, 3.8) is 0 Å². The van der Waals surface area contributed by atoms with E-state index in [1.165, 1.54) is 17.3 Å². The highest BCUT2D eigenvalue weighted by Crippen LogP contribution is 2.39. The van der Waals surface area contributed by atoms with Gasteiger partial charge < -0.3 is 14.2 Å². The first kappa shape index (κ1) is 17.6. The topological polar surface area (TPSA) is 53.8 Å². The van der Waals surface area contributed by atoms with Crippen LogP contribution in [0.25, 0.3) is 11.0 Å². The first-order valence-corrected chi connectivity index (χ1v) is 9.48. The Morgan fingerprint density at radius 3 is 2.70 bits per heavy atom. The number of ketones is 1. The van der Waals surface area contributed by atoms with E-state index in [1.54, 1.807) is 18.2 Å². The number of carbonyl (C=O) groups is 1. The van der Waals surface area contributed by atoms with Crippen molar-refractivity contribution in [1.29, 1.82) is 0 Å². The van der Waals surface area contributed by atoms with Crippen molar-refractivity contribution >= 4 is 22.4 Å². The molecule has 2 aliphatic heterocycles. The van der Waals surface area contributed by atoms with Gasteiger partial charge in [-0.3, -0.25) is 4.79 Å². The average molecular weight is 364 g/mol. The molecule has 0 saturated heterocycles. The van der Waals surface area contributed by atoms with Gasteiger partial charge in [0.25, 0.3) is 0 Å². The molecule has 0 amide bonds. The van der Waals surface area contributed by atoms with Gasteiger partial charge in [-0.15, -0.1) is 0 Å². The van der Waals surface area contributed by atoms with Gasteiger partial charge in [0.2, 0.25) is 0 Å². The lowest BCUT2D eigenvalue weighted by molar-refractivity contribution is 0.104.